The molecule has 0 spiro atoms. The van der Waals surface area contributed by atoms with E-state index in [4.69, 9.17) is 5.73 Å². The number of carbonyl (C=O) groups is 1. The highest BCUT2D eigenvalue weighted by Crippen LogP contribution is 2.35. The highest BCUT2D eigenvalue weighted by molar-refractivity contribution is 5.74. The molecule has 1 aliphatic carbocycles. The van der Waals surface area contributed by atoms with Crippen molar-refractivity contribution in [3.8, 4) is 0 Å². The summed E-state index contributed by atoms with van der Waals surface area (Å²) in [6.07, 6.45) is 5.36. The lowest BCUT2D eigenvalue weighted by molar-refractivity contribution is 0.0900. The van der Waals surface area contributed by atoms with Crippen molar-refractivity contribution in [3.05, 3.63) is 0 Å². The summed E-state index contributed by atoms with van der Waals surface area (Å²) in [5, 5.41) is 2.93. The molecule has 2 amide bonds. The second-order valence-electron chi connectivity index (χ2n) is 5.40. The SMILES string of the molecule is CCCNC(=O)N(C)C1(CN)CCC(C)CC1. The molecular formula is C13H27N3O. The van der Waals surface area contributed by atoms with Crippen molar-refractivity contribution in [2.45, 2.75) is 51.5 Å². The van der Waals surface area contributed by atoms with Crippen LogP contribution in [-0.4, -0.2) is 36.6 Å². The monoisotopic (exact) mass is 241 g/mol. The fourth-order valence-electron chi connectivity index (χ4n) is 2.54. The Hall–Kier alpha value is -0.770. The average molecular weight is 241 g/mol. The van der Waals surface area contributed by atoms with Crippen molar-refractivity contribution < 1.29 is 4.79 Å². The molecule has 0 aliphatic heterocycles. The maximum absolute atomic E-state index is 12.0. The third-order valence-electron chi connectivity index (χ3n) is 4.13. The lowest BCUT2D eigenvalue weighted by atomic mass is 9.76. The maximum Gasteiger partial charge on any atom is 0.317 e. The third-order valence-corrected chi connectivity index (χ3v) is 4.13. The quantitative estimate of drug-likeness (QED) is 0.790. The lowest BCUT2D eigenvalue weighted by Gasteiger charge is -2.45. The zero-order valence-electron chi connectivity index (χ0n) is 11.5. The van der Waals surface area contributed by atoms with Gasteiger partial charge in [-0.15, -0.1) is 0 Å². The van der Waals surface area contributed by atoms with Crippen LogP contribution in [0.15, 0.2) is 0 Å². The van der Waals surface area contributed by atoms with Crippen LogP contribution < -0.4 is 11.1 Å². The molecule has 1 aliphatic rings. The Morgan fingerprint density at radius 3 is 2.53 bits per heavy atom. The summed E-state index contributed by atoms with van der Waals surface area (Å²) in [7, 11) is 1.88. The molecule has 0 atom stereocenters. The minimum Gasteiger partial charge on any atom is -0.338 e. The van der Waals surface area contributed by atoms with Crippen molar-refractivity contribution >= 4 is 6.03 Å². The molecule has 0 aromatic carbocycles. The lowest BCUT2D eigenvalue weighted by Crippen LogP contribution is -2.58. The Balaban J connectivity index is 2.62. The van der Waals surface area contributed by atoms with E-state index in [2.05, 4.69) is 19.2 Å². The summed E-state index contributed by atoms with van der Waals surface area (Å²) < 4.78 is 0. The van der Waals surface area contributed by atoms with Crippen LogP contribution in [0.2, 0.25) is 0 Å². The first-order valence-electron chi connectivity index (χ1n) is 6.77. The second kappa shape index (κ2) is 6.24. The molecule has 1 saturated carbocycles. The van der Waals surface area contributed by atoms with Crippen molar-refractivity contribution in [2.24, 2.45) is 11.7 Å². The average Bonchev–Trinajstić information content (AvgIpc) is 2.36. The van der Waals surface area contributed by atoms with Gasteiger partial charge in [0.25, 0.3) is 0 Å². The predicted octanol–water partition coefficient (Wildman–Crippen LogP) is 1.95. The smallest absolute Gasteiger partial charge is 0.317 e. The van der Waals surface area contributed by atoms with Gasteiger partial charge < -0.3 is 16.0 Å². The highest BCUT2D eigenvalue weighted by Gasteiger charge is 2.38. The molecular weight excluding hydrogens is 214 g/mol. The standard InChI is InChI=1S/C13H27N3O/c1-4-9-15-12(17)16(3)13(10-14)7-5-11(2)6-8-13/h11H,4-10,14H2,1-3H3,(H,15,17). The summed E-state index contributed by atoms with van der Waals surface area (Å²) in [5.74, 6) is 0.766. The fourth-order valence-corrected chi connectivity index (χ4v) is 2.54. The number of hydrogen-bond acceptors (Lipinski definition) is 2. The zero-order chi connectivity index (χ0) is 12.9. The van der Waals surface area contributed by atoms with Gasteiger partial charge >= 0.3 is 6.03 Å². The summed E-state index contributed by atoms with van der Waals surface area (Å²) in [5.41, 5.74) is 5.81. The number of carbonyl (C=O) groups excluding carboxylic acids is 1. The van der Waals surface area contributed by atoms with E-state index in [1.807, 2.05) is 11.9 Å². The van der Waals surface area contributed by atoms with Crippen LogP contribution >= 0.6 is 0 Å². The van der Waals surface area contributed by atoms with E-state index >= 15 is 0 Å². The summed E-state index contributed by atoms with van der Waals surface area (Å²) in [4.78, 5) is 13.8. The molecule has 0 aromatic heterocycles. The first kappa shape index (κ1) is 14.3. The largest absolute Gasteiger partial charge is 0.338 e. The Bertz CT molecular complexity index is 247. The summed E-state index contributed by atoms with van der Waals surface area (Å²) >= 11 is 0. The maximum atomic E-state index is 12.0. The molecule has 1 rings (SSSR count). The van der Waals surface area contributed by atoms with Gasteiger partial charge in [0.15, 0.2) is 0 Å². The first-order chi connectivity index (χ1) is 8.05. The number of rotatable bonds is 4. The molecule has 0 radical (unpaired) electrons. The molecule has 3 N–H and O–H groups in total. The van der Waals surface area contributed by atoms with E-state index in [-0.39, 0.29) is 11.6 Å². The van der Waals surface area contributed by atoms with Gasteiger partial charge in [-0.3, -0.25) is 0 Å². The minimum absolute atomic E-state index is 0.0202. The van der Waals surface area contributed by atoms with Crippen LogP contribution in [-0.2, 0) is 0 Å². The number of urea groups is 1. The van der Waals surface area contributed by atoms with E-state index < -0.39 is 0 Å². The van der Waals surface area contributed by atoms with Crippen molar-refractivity contribution in [1.82, 2.24) is 10.2 Å². The van der Waals surface area contributed by atoms with E-state index in [0.717, 1.165) is 31.7 Å². The number of likely N-dealkylation sites (N-methyl/N-ethyl adjacent to an activating group) is 1. The molecule has 0 saturated heterocycles. The van der Waals surface area contributed by atoms with E-state index in [1.54, 1.807) is 0 Å². The number of nitrogens with two attached hydrogens (primary N) is 1. The zero-order valence-corrected chi connectivity index (χ0v) is 11.5. The number of nitrogens with one attached hydrogen (secondary N) is 1. The van der Waals surface area contributed by atoms with E-state index in [9.17, 15) is 4.79 Å². The van der Waals surface area contributed by atoms with Gasteiger partial charge in [0.2, 0.25) is 0 Å². The number of nitrogens with zero attached hydrogens (tertiary/aromatic N) is 1. The van der Waals surface area contributed by atoms with Crippen LogP contribution in [0.1, 0.15) is 46.0 Å². The molecule has 17 heavy (non-hydrogen) atoms. The molecule has 1 fully saturated rings. The molecule has 0 unspecified atom stereocenters. The van der Waals surface area contributed by atoms with Crippen LogP contribution in [0.25, 0.3) is 0 Å². The van der Waals surface area contributed by atoms with Gasteiger partial charge in [-0.1, -0.05) is 13.8 Å². The fraction of sp³-hybridized carbons (Fsp3) is 0.923. The van der Waals surface area contributed by atoms with Gasteiger partial charge in [0, 0.05) is 20.1 Å². The van der Waals surface area contributed by atoms with Crippen LogP contribution in [0.5, 0.6) is 0 Å². The highest BCUT2D eigenvalue weighted by atomic mass is 16.2. The summed E-state index contributed by atoms with van der Waals surface area (Å²) in [6.45, 7) is 5.63. The molecule has 4 nitrogen and oxygen atoms in total. The van der Waals surface area contributed by atoms with Crippen molar-refractivity contribution in [3.63, 3.8) is 0 Å². The molecule has 0 heterocycles. The normalized spacial score (nSPS) is 28.8. The van der Waals surface area contributed by atoms with Crippen LogP contribution in [0.4, 0.5) is 4.79 Å². The number of hydrogen-bond donors (Lipinski definition) is 2. The van der Waals surface area contributed by atoms with Crippen LogP contribution in [0, 0.1) is 5.92 Å². The third kappa shape index (κ3) is 3.35. The van der Waals surface area contributed by atoms with Gasteiger partial charge in [-0.2, -0.15) is 0 Å². The van der Waals surface area contributed by atoms with Crippen molar-refractivity contribution in [1.29, 1.82) is 0 Å². The Kier molecular flexibility index (Phi) is 5.25. The summed E-state index contributed by atoms with van der Waals surface area (Å²) in [6, 6.07) is 0.0202. The molecule has 100 valence electrons. The predicted molar refractivity (Wildman–Crippen MR) is 70.9 cm³/mol. The second-order valence-corrected chi connectivity index (χ2v) is 5.40. The van der Waals surface area contributed by atoms with Gasteiger partial charge in [-0.25, -0.2) is 4.79 Å². The topological polar surface area (TPSA) is 58.4 Å². The van der Waals surface area contributed by atoms with Gasteiger partial charge in [-0.05, 0) is 38.0 Å². The van der Waals surface area contributed by atoms with Gasteiger partial charge in [0.05, 0.1) is 5.54 Å². The Morgan fingerprint density at radius 1 is 1.47 bits per heavy atom. The molecule has 0 aromatic rings. The first-order valence-corrected chi connectivity index (χ1v) is 6.77. The van der Waals surface area contributed by atoms with Crippen molar-refractivity contribution in [2.75, 3.05) is 20.1 Å². The van der Waals surface area contributed by atoms with E-state index in [1.165, 1.54) is 12.8 Å². The molecule has 4 heteroatoms. The minimum atomic E-state index is -0.121. The van der Waals surface area contributed by atoms with E-state index in [0.29, 0.717) is 6.54 Å². The Morgan fingerprint density at radius 2 is 2.06 bits per heavy atom. The molecule has 0 bridgehead atoms. The van der Waals surface area contributed by atoms with Gasteiger partial charge in [0.1, 0.15) is 0 Å². The van der Waals surface area contributed by atoms with Crippen LogP contribution in [0.3, 0.4) is 0 Å². The Labute approximate surface area is 105 Å². The number of amides is 2.